The van der Waals surface area contributed by atoms with Crippen LogP contribution in [0.5, 0.6) is 0 Å². The van der Waals surface area contributed by atoms with Gasteiger partial charge in [0.05, 0.1) is 0 Å². The van der Waals surface area contributed by atoms with Crippen molar-refractivity contribution in [1.82, 2.24) is 0 Å². The first kappa shape index (κ1) is 11.9. The highest BCUT2D eigenvalue weighted by Gasteiger charge is 2.05. The largest absolute Gasteiger partial charge is 0.330 e. The predicted octanol–water partition coefficient (Wildman–Crippen LogP) is 2.42. The van der Waals surface area contributed by atoms with Gasteiger partial charge >= 0.3 is 0 Å². The molecule has 0 aromatic heterocycles. The molecule has 1 aromatic carbocycles. The van der Waals surface area contributed by atoms with E-state index in [1.165, 1.54) is 9.13 Å². The molecule has 78 valence electrons. The van der Waals surface area contributed by atoms with Gasteiger partial charge in [0.15, 0.2) is 0 Å². The first-order valence-electron chi connectivity index (χ1n) is 4.95. The van der Waals surface area contributed by atoms with Crippen LogP contribution in [0.3, 0.4) is 0 Å². The summed E-state index contributed by atoms with van der Waals surface area (Å²) >= 11 is 2.31. The molecule has 0 aliphatic heterocycles. The zero-order valence-electron chi connectivity index (χ0n) is 8.25. The van der Waals surface area contributed by atoms with E-state index < -0.39 is 0 Å². The van der Waals surface area contributed by atoms with Crippen molar-refractivity contribution >= 4 is 22.6 Å². The normalized spacial score (nSPS) is 12.8. The van der Waals surface area contributed by atoms with Crippen LogP contribution in [-0.2, 0) is 0 Å². The fraction of sp³-hybridized carbons (Fsp3) is 0.455. The Balaban J connectivity index is 2.47. The Labute approximate surface area is 99.2 Å². The number of nitrogens with two attached hydrogens (primary N) is 2. The van der Waals surface area contributed by atoms with Crippen LogP contribution < -0.4 is 11.5 Å². The summed E-state index contributed by atoms with van der Waals surface area (Å²) in [6.07, 6.45) is 3.21. The molecule has 1 aromatic rings. The third kappa shape index (κ3) is 3.94. The smallest absolute Gasteiger partial charge is 0.0295 e. The zero-order valence-corrected chi connectivity index (χ0v) is 10.4. The Hall–Kier alpha value is -0.130. The average Bonchev–Trinajstić information content (AvgIpc) is 2.18. The Kier molecular flexibility index (Phi) is 5.44. The van der Waals surface area contributed by atoms with Crippen molar-refractivity contribution in [2.75, 3.05) is 6.54 Å². The highest BCUT2D eigenvalue weighted by Crippen LogP contribution is 2.18. The molecule has 0 saturated carbocycles. The Morgan fingerprint density at radius 1 is 1.29 bits per heavy atom. The van der Waals surface area contributed by atoms with Crippen molar-refractivity contribution in [2.45, 2.75) is 25.3 Å². The molecule has 3 heteroatoms. The molecule has 0 spiro atoms. The lowest BCUT2D eigenvalue weighted by Gasteiger charge is -2.11. The number of benzene rings is 1. The van der Waals surface area contributed by atoms with E-state index in [4.69, 9.17) is 11.5 Å². The van der Waals surface area contributed by atoms with E-state index in [1.807, 2.05) is 0 Å². The molecule has 0 bridgehead atoms. The summed E-state index contributed by atoms with van der Waals surface area (Å²) in [4.78, 5) is 0. The predicted molar refractivity (Wildman–Crippen MR) is 69.0 cm³/mol. The second-order valence-corrected chi connectivity index (χ2v) is 4.69. The van der Waals surface area contributed by atoms with Crippen molar-refractivity contribution in [3.05, 3.63) is 33.4 Å². The molecule has 0 heterocycles. The molecule has 1 atom stereocenters. The second kappa shape index (κ2) is 6.37. The van der Waals surface area contributed by atoms with Gasteiger partial charge in [0.25, 0.3) is 0 Å². The van der Waals surface area contributed by atoms with Crippen LogP contribution in [0.2, 0.25) is 0 Å². The Bertz CT molecular complexity index is 276. The lowest BCUT2D eigenvalue weighted by Crippen LogP contribution is -2.11. The van der Waals surface area contributed by atoms with Crippen LogP contribution in [0.1, 0.15) is 30.9 Å². The summed E-state index contributed by atoms with van der Waals surface area (Å²) in [6, 6.07) is 8.54. The minimum Gasteiger partial charge on any atom is -0.330 e. The van der Waals surface area contributed by atoms with Gasteiger partial charge in [0, 0.05) is 9.61 Å². The molecule has 0 fully saturated rings. The van der Waals surface area contributed by atoms with Crippen molar-refractivity contribution in [3.8, 4) is 0 Å². The molecule has 0 radical (unpaired) electrons. The minimum absolute atomic E-state index is 0.163. The first-order valence-corrected chi connectivity index (χ1v) is 6.03. The molecule has 0 amide bonds. The van der Waals surface area contributed by atoms with E-state index in [2.05, 4.69) is 46.9 Å². The van der Waals surface area contributed by atoms with Gasteiger partial charge in [-0.3, -0.25) is 0 Å². The van der Waals surface area contributed by atoms with E-state index in [0.29, 0.717) is 0 Å². The van der Waals surface area contributed by atoms with Crippen molar-refractivity contribution in [1.29, 1.82) is 0 Å². The molecule has 0 saturated heterocycles. The Morgan fingerprint density at radius 2 is 2.07 bits per heavy atom. The van der Waals surface area contributed by atoms with Crippen LogP contribution in [0.25, 0.3) is 0 Å². The van der Waals surface area contributed by atoms with Gasteiger partial charge in [-0.2, -0.15) is 0 Å². The van der Waals surface area contributed by atoms with Crippen LogP contribution in [0.15, 0.2) is 24.3 Å². The fourth-order valence-electron chi connectivity index (χ4n) is 1.41. The monoisotopic (exact) mass is 304 g/mol. The van der Waals surface area contributed by atoms with Crippen molar-refractivity contribution in [2.24, 2.45) is 11.5 Å². The molecule has 0 aliphatic rings. The van der Waals surface area contributed by atoms with Crippen LogP contribution in [0, 0.1) is 3.57 Å². The summed E-state index contributed by atoms with van der Waals surface area (Å²) in [5.41, 5.74) is 12.7. The van der Waals surface area contributed by atoms with Gasteiger partial charge in [0.2, 0.25) is 0 Å². The van der Waals surface area contributed by atoms with Gasteiger partial charge in [-0.05, 0) is 59.7 Å². The maximum atomic E-state index is 6.06. The summed E-state index contributed by atoms with van der Waals surface area (Å²) in [5.74, 6) is 0. The fourth-order valence-corrected chi connectivity index (χ4v) is 1.98. The third-order valence-electron chi connectivity index (χ3n) is 2.25. The van der Waals surface area contributed by atoms with Crippen LogP contribution >= 0.6 is 22.6 Å². The number of hydrogen-bond acceptors (Lipinski definition) is 2. The molecule has 4 N–H and O–H groups in total. The van der Waals surface area contributed by atoms with E-state index in [1.54, 1.807) is 0 Å². The standard InChI is InChI=1S/C11H17IN2/c12-10-5-3-4-9(8-10)11(14)6-1-2-7-13/h3-5,8,11H,1-2,6-7,13-14H2/t11-/m0/s1. The third-order valence-corrected chi connectivity index (χ3v) is 2.92. The molecule has 14 heavy (non-hydrogen) atoms. The van der Waals surface area contributed by atoms with Gasteiger partial charge in [-0.1, -0.05) is 18.6 Å². The first-order chi connectivity index (χ1) is 6.74. The number of halogens is 1. The molecule has 2 nitrogen and oxygen atoms in total. The molecule has 0 unspecified atom stereocenters. The van der Waals surface area contributed by atoms with E-state index >= 15 is 0 Å². The lowest BCUT2D eigenvalue weighted by atomic mass is 10.0. The lowest BCUT2D eigenvalue weighted by molar-refractivity contribution is 0.591. The quantitative estimate of drug-likeness (QED) is 0.648. The average molecular weight is 304 g/mol. The SMILES string of the molecule is NCCCC[C@H](N)c1cccc(I)c1. The summed E-state index contributed by atoms with van der Waals surface area (Å²) < 4.78 is 1.24. The maximum Gasteiger partial charge on any atom is 0.0295 e. The summed E-state index contributed by atoms with van der Waals surface area (Å²) in [6.45, 7) is 0.763. The highest BCUT2D eigenvalue weighted by atomic mass is 127. The molecule has 0 aliphatic carbocycles. The van der Waals surface area contributed by atoms with Gasteiger partial charge < -0.3 is 11.5 Å². The Morgan fingerprint density at radius 3 is 2.71 bits per heavy atom. The van der Waals surface area contributed by atoms with E-state index in [9.17, 15) is 0 Å². The van der Waals surface area contributed by atoms with E-state index in [-0.39, 0.29) is 6.04 Å². The van der Waals surface area contributed by atoms with Crippen LogP contribution in [-0.4, -0.2) is 6.54 Å². The highest BCUT2D eigenvalue weighted by molar-refractivity contribution is 14.1. The summed E-state index contributed by atoms with van der Waals surface area (Å²) in [7, 11) is 0. The number of unbranched alkanes of at least 4 members (excludes halogenated alkanes) is 1. The second-order valence-electron chi connectivity index (χ2n) is 3.45. The van der Waals surface area contributed by atoms with Gasteiger partial charge in [-0.15, -0.1) is 0 Å². The van der Waals surface area contributed by atoms with E-state index in [0.717, 1.165) is 25.8 Å². The topological polar surface area (TPSA) is 52.0 Å². The van der Waals surface area contributed by atoms with Crippen LogP contribution in [0.4, 0.5) is 0 Å². The minimum atomic E-state index is 0.163. The van der Waals surface area contributed by atoms with Crippen molar-refractivity contribution < 1.29 is 0 Å². The number of rotatable bonds is 5. The van der Waals surface area contributed by atoms with Gasteiger partial charge in [0.1, 0.15) is 0 Å². The van der Waals surface area contributed by atoms with Gasteiger partial charge in [-0.25, -0.2) is 0 Å². The zero-order chi connectivity index (χ0) is 10.4. The summed E-state index contributed by atoms with van der Waals surface area (Å²) in [5, 5.41) is 0. The number of hydrogen-bond donors (Lipinski definition) is 2. The molecular weight excluding hydrogens is 287 g/mol. The molecule has 1 rings (SSSR count). The maximum absolute atomic E-state index is 6.06. The molecular formula is C11H17IN2. The van der Waals surface area contributed by atoms with Crippen molar-refractivity contribution in [3.63, 3.8) is 0 Å².